The van der Waals surface area contributed by atoms with E-state index in [4.69, 9.17) is 10.5 Å². The van der Waals surface area contributed by atoms with Gasteiger partial charge in [0.05, 0.1) is 27.6 Å². The summed E-state index contributed by atoms with van der Waals surface area (Å²) >= 11 is 4.47. The highest BCUT2D eigenvalue weighted by Crippen LogP contribution is 2.26. The number of non-ortho nitro benzene ring substituents is 3. The molecule has 0 radical (unpaired) electrons. The van der Waals surface area contributed by atoms with Crippen molar-refractivity contribution >= 4 is 65.4 Å². The number of carbonyl (C=O) groups is 5. The van der Waals surface area contributed by atoms with Crippen LogP contribution in [0.3, 0.4) is 0 Å². The zero-order valence-corrected chi connectivity index (χ0v) is 31.5. The van der Waals surface area contributed by atoms with Crippen LogP contribution >= 0.6 is 12.6 Å². The van der Waals surface area contributed by atoms with Gasteiger partial charge in [0.15, 0.2) is 0 Å². The Morgan fingerprint density at radius 2 is 1.33 bits per heavy atom. The van der Waals surface area contributed by atoms with E-state index in [-0.39, 0.29) is 73.7 Å². The van der Waals surface area contributed by atoms with Crippen LogP contribution in [0.2, 0.25) is 0 Å². The maximum Gasteiger partial charge on any atom is 0.410 e. The molecule has 2 saturated heterocycles. The lowest BCUT2D eigenvalue weighted by molar-refractivity contribution is -0.385. The number of hydrogen-bond acceptors (Lipinski definition) is 13. The van der Waals surface area contributed by atoms with Gasteiger partial charge in [-0.15, -0.1) is 0 Å². The first kappa shape index (κ1) is 42.2. The van der Waals surface area contributed by atoms with Crippen LogP contribution in [0.1, 0.15) is 29.5 Å². The number of nitrogens with one attached hydrogen (secondary N) is 1. The molecule has 3 N–H and O–H groups in total. The number of hydrogen-bond donors (Lipinski definition) is 3. The van der Waals surface area contributed by atoms with Gasteiger partial charge in [0.25, 0.3) is 23.0 Å². The Labute approximate surface area is 334 Å². The minimum Gasteiger partial charge on any atom is -0.445 e. The molecule has 3 aromatic rings. The summed E-state index contributed by atoms with van der Waals surface area (Å²) in [6.45, 7) is -0.435. The largest absolute Gasteiger partial charge is 0.445 e. The molecule has 0 saturated carbocycles. The van der Waals surface area contributed by atoms with Crippen LogP contribution in [-0.2, 0) is 43.4 Å². The summed E-state index contributed by atoms with van der Waals surface area (Å²) in [5.74, 6) is -3.28. The molecule has 0 bridgehead atoms. The van der Waals surface area contributed by atoms with Crippen LogP contribution in [0.15, 0.2) is 77.8 Å². The number of ether oxygens (including phenoxy) is 1. The topological polar surface area (TPSA) is 284 Å². The lowest BCUT2D eigenvalue weighted by Crippen LogP contribution is -2.51. The quantitative estimate of drug-likeness (QED) is 0.0735. The molecule has 0 spiro atoms. The number of guanidine groups is 1. The molecule has 22 heteroatoms. The molecule has 21 nitrogen and oxygen atoms in total. The number of carbonyl (C=O) groups excluding carboxylic acids is 5. The first-order chi connectivity index (χ1) is 27.6. The number of benzene rings is 3. The summed E-state index contributed by atoms with van der Waals surface area (Å²) in [5, 5.41) is 35.4. The fraction of sp³-hybridized carbons (Fsp3) is 0.333. The van der Waals surface area contributed by atoms with Crippen LogP contribution in [0, 0.1) is 30.3 Å². The molecule has 58 heavy (non-hydrogen) atoms. The van der Waals surface area contributed by atoms with Gasteiger partial charge >= 0.3 is 6.09 Å². The van der Waals surface area contributed by atoms with Crippen LogP contribution in [0.25, 0.3) is 0 Å². The van der Waals surface area contributed by atoms with Crippen molar-refractivity contribution in [2.45, 2.75) is 49.6 Å². The van der Waals surface area contributed by atoms with Gasteiger partial charge in [0.1, 0.15) is 19.2 Å². The molecule has 3 atom stereocenters. The van der Waals surface area contributed by atoms with Crippen molar-refractivity contribution in [3.05, 3.63) is 120 Å². The molecule has 2 fully saturated rings. The number of nitro benzene ring substituents is 3. The van der Waals surface area contributed by atoms with Gasteiger partial charge in [-0.3, -0.25) is 59.3 Å². The fourth-order valence-corrected chi connectivity index (χ4v) is 6.71. The number of rotatable bonds is 13. The molecule has 2 aliphatic rings. The highest BCUT2D eigenvalue weighted by molar-refractivity contribution is 7.81. The summed E-state index contributed by atoms with van der Waals surface area (Å²) in [4.78, 5) is 105. The lowest BCUT2D eigenvalue weighted by Gasteiger charge is -2.27. The van der Waals surface area contributed by atoms with Gasteiger partial charge in [-0.2, -0.15) is 17.6 Å². The summed E-state index contributed by atoms with van der Waals surface area (Å²) in [6.07, 6.45) is -0.890. The van der Waals surface area contributed by atoms with Crippen molar-refractivity contribution in [3.63, 3.8) is 0 Å². The summed E-state index contributed by atoms with van der Waals surface area (Å²) in [6, 6.07) is 14.3. The van der Waals surface area contributed by atoms with Crippen LogP contribution in [0.4, 0.5) is 21.9 Å². The molecule has 2 heterocycles. The van der Waals surface area contributed by atoms with Gasteiger partial charge in [-0.25, -0.2) is 4.79 Å². The number of amides is 5. The van der Waals surface area contributed by atoms with Gasteiger partial charge in [-0.05, 0) is 41.7 Å². The number of likely N-dealkylation sites (tertiary alicyclic amines) is 2. The van der Waals surface area contributed by atoms with Crippen LogP contribution < -0.4 is 11.1 Å². The Balaban J connectivity index is 1.21. The van der Waals surface area contributed by atoms with Crippen molar-refractivity contribution in [3.8, 4) is 0 Å². The molecule has 0 aromatic heterocycles. The van der Waals surface area contributed by atoms with Gasteiger partial charge < -0.3 is 20.7 Å². The Hall–Kier alpha value is -6.97. The molecule has 2 aliphatic heterocycles. The molecule has 304 valence electrons. The number of nitrogens with two attached hydrogens (primary N) is 1. The molecular formula is C36H37N9O12S. The summed E-state index contributed by atoms with van der Waals surface area (Å²) in [5.41, 5.74) is 6.83. The van der Waals surface area contributed by atoms with E-state index in [1.807, 2.05) is 0 Å². The summed E-state index contributed by atoms with van der Waals surface area (Å²) in [7, 11) is 0. The maximum atomic E-state index is 13.7. The van der Waals surface area contributed by atoms with Crippen LogP contribution in [-0.4, -0.2) is 109 Å². The predicted octanol–water partition coefficient (Wildman–Crippen LogP) is 2.29. The predicted molar refractivity (Wildman–Crippen MR) is 206 cm³/mol. The average Bonchev–Trinajstić information content (AvgIpc) is 3.82. The Kier molecular flexibility index (Phi) is 13.7. The molecule has 0 aliphatic carbocycles. The Morgan fingerprint density at radius 3 is 1.86 bits per heavy atom. The Morgan fingerprint density at radius 1 is 0.810 bits per heavy atom. The van der Waals surface area contributed by atoms with E-state index < -0.39 is 63.2 Å². The number of thiol groups is 1. The Bertz CT molecular complexity index is 2120. The van der Waals surface area contributed by atoms with E-state index in [1.165, 1.54) is 82.6 Å². The maximum absolute atomic E-state index is 13.7. The molecule has 5 rings (SSSR count). The third kappa shape index (κ3) is 11.1. The van der Waals surface area contributed by atoms with Crippen molar-refractivity contribution < 1.29 is 43.5 Å². The van der Waals surface area contributed by atoms with Gasteiger partial charge in [-0.1, -0.05) is 24.3 Å². The number of aliphatic imine (C=N–C) groups is 1. The van der Waals surface area contributed by atoms with E-state index in [2.05, 4.69) is 22.9 Å². The SMILES string of the molecule is NC(=NC(=O)Cc1ccc([N+](=O)[O-])cc1)N(CC(=O)N[C@H]1CCN(C(=O)[C@@H]2C[C@H](S)CN2C(=O)OCc2ccc([N+](=O)[O-])cc2)C1)C(=O)Cc1ccc([N+](=O)[O-])cc1. The first-order valence-electron chi connectivity index (χ1n) is 17.6. The zero-order chi connectivity index (χ0) is 42.1. The minimum absolute atomic E-state index is 0.0675. The summed E-state index contributed by atoms with van der Waals surface area (Å²) < 4.78 is 5.40. The highest BCUT2D eigenvalue weighted by Gasteiger charge is 2.43. The highest BCUT2D eigenvalue weighted by atomic mass is 32.1. The van der Waals surface area contributed by atoms with E-state index in [1.54, 1.807) is 0 Å². The van der Waals surface area contributed by atoms with Crippen molar-refractivity contribution in [2.24, 2.45) is 10.7 Å². The molecule has 0 unspecified atom stereocenters. The third-order valence-electron chi connectivity index (χ3n) is 9.30. The standard InChI is InChI=1S/C36H37N9O12S/c37-35(39-31(46)15-22-1-7-26(8-2-22)43(51)52)42(33(48)16-23-3-9-27(10-4-23)44(53)54)20-32(47)38-25-13-14-40(18-25)34(49)30-17-29(58)19-41(30)36(50)57-21-24-5-11-28(12-6-24)45(55)56/h1-12,25,29-30,58H,13-21H2,(H,38,47)(H2,37,39,46)/t25-,29-,30-/m0/s1. The molecule has 5 amide bonds. The second kappa shape index (κ2) is 18.8. The van der Waals surface area contributed by atoms with Crippen molar-refractivity contribution in [2.75, 3.05) is 26.2 Å². The van der Waals surface area contributed by atoms with Crippen molar-refractivity contribution in [1.29, 1.82) is 0 Å². The first-order valence-corrected chi connectivity index (χ1v) is 18.2. The smallest absolute Gasteiger partial charge is 0.410 e. The zero-order valence-electron chi connectivity index (χ0n) is 30.6. The lowest BCUT2D eigenvalue weighted by atomic mass is 10.1. The monoisotopic (exact) mass is 819 g/mol. The normalized spacial score (nSPS) is 17.7. The van der Waals surface area contributed by atoms with E-state index >= 15 is 0 Å². The van der Waals surface area contributed by atoms with Gasteiger partial charge in [0, 0.05) is 67.3 Å². The number of nitrogens with zero attached hydrogens (tertiary/aromatic N) is 7. The van der Waals surface area contributed by atoms with E-state index in [0.29, 0.717) is 23.1 Å². The van der Waals surface area contributed by atoms with E-state index in [0.717, 1.165) is 4.90 Å². The van der Waals surface area contributed by atoms with Crippen molar-refractivity contribution in [1.82, 2.24) is 20.0 Å². The average molecular weight is 820 g/mol. The minimum atomic E-state index is -0.895. The molecular weight excluding hydrogens is 783 g/mol. The third-order valence-corrected chi connectivity index (χ3v) is 9.67. The number of nitro groups is 3. The van der Waals surface area contributed by atoms with Crippen LogP contribution in [0.5, 0.6) is 0 Å². The fourth-order valence-electron chi connectivity index (χ4n) is 6.34. The second-order valence-electron chi connectivity index (χ2n) is 13.4. The van der Waals surface area contributed by atoms with E-state index in [9.17, 15) is 54.3 Å². The second-order valence-corrected chi connectivity index (χ2v) is 14.1. The molecule has 3 aromatic carbocycles. The van der Waals surface area contributed by atoms with Gasteiger partial charge in [0.2, 0.25) is 23.7 Å².